The van der Waals surface area contributed by atoms with E-state index in [4.69, 9.17) is 4.74 Å². The molecule has 2 rings (SSSR count). The summed E-state index contributed by atoms with van der Waals surface area (Å²) in [5, 5.41) is 24.5. The van der Waals surface area contributed by atoms with Gasteiger partial charge >= 0.3 is 7.12 Å². The maximum atomic E-state index is 12.4. The number of methoxy groups -OCH3 is 1. The van der Waals surface area contributed by atoms with E-state index >= 15 is 0 Å². The predicted octanol–water partition coefficient (Wildman–Crippen LogP) is 0.995. The lowest BCUT2D eigenvalue weighted by Gasteiger charge is -2.20. The van der Waals surface area contributed by atoms with Crippen LogP contribution in [0.25, 0.3) is 0 Å². The zero-order chi connectivity index (χ0) is 21.4. The fraction of sp³-hybridized carbons (Fsp3) is 0.333. The Morgan fingerprint density at radius 3 is 2.38 bits per heavy atom. The molecule has 4 N–H and O–H groups in total. The van der Waals surface area contributed by atoms with Crippen molar-refractivity contribution in [1.29, 1.82) is 0 Å². The second-order valence-electron chi connectivity index (χ2n) is 7.01. The number of hydrogen-bond acceptors (Lipinski definition) is 5. The van der Waals surface area contributed by atoms with E-state index in [0.29, 0.717) is 5.75 Å². The Labute approximate surface area is 171 Å². The number of hydrogen-bond donors (Lipinski definition) is 4. The van der Waals surface area contributed by atoms with Crippen molar-refractivity contribution >= 4 is 18.9 Å². The number of amides is 2. The first-order chi connectivity index (χ1) is 13.8. The molecular formula is C21H27BN2O5. The second-order valence-corrected chi connectivity index (χ2v) is 7.01. The molecule has 0 aliphatic carbocycles. The average molecular weight is 398 g/mol. The van der Waals surface area contributed by atoms with Gasteiger partial charge in [0.1, 0.15) is 11.7 Å². The van der Waals surface area contributed by atoms with Crippen molar-refractivity contribution in [1.82, 2.24) is 10.6 Å². The van der Waals surface area contributed by atoms with Crippen LogP contribution in [-0.4, -0.2) is 42.0 Å². The first-order valence-electron chi connectivity index (χ1n) is 9.43. The van der Waals surface area contributed by atoms with E-state index in [1.807, 2.05) is 43.3 Å². The van der Waals surface area contributed by atoms with Gasteiger partial charge < -0.3 is 25.4 Å². The van der Waals surface area contributed by atoms with E-state index in [9.17, 15) is 19.6 Å². The standard InChI is InChI=1S/C21H27BN2O5/c1-14-7-9-16(10-8-14)12-19(22(27)28)24-21(26)15(2)20(25)23-13-17-5-4-6-18(11-17)29-3/h4-11,15,19,27-28H,12-13H2,1-3H3,(H,23,25)(H,24,26)/t15?,19-/m0/s1. The number of carbonyl (C=O) groups is 2. The SMILES string of the molecule is COc1cccc(CNC(=O)C(C)C(=O)N[C@@H](Cc2ccc(C)cc2)B(O)O)c1. The number of benzene rings is 2. The molecule has 154 valence electrons. The zero-order valence-electron chi connectivity index (χ0n) is 16.9. The minimum Gasteiger partial charge on any atom is -0.497 e. The van der Waals surface area contributed by atoms with Crippen LogP contribution in [0.3, 0.4) is 0 Å². The molecule has 0 saturated carbocycles. The van der Waals surface area contributed by atoms with Crippen LogP contribution in [0, 0.1) is 12.8 Å². The van der Waals surface area contributed by atoms with E-state index in [1.165, 1.54) is 6.92 Å². The Morgan fingerprint density at radius 2 is 1.76 bits per heavy atom. The zero-order valence-corrected chi connectivity index (χ0v) is 16.9. The van der Waals surface area contributed by atoms with E-state index in [0.717, 1.165) is 16.7 Å². The van der Waals surface area contributed by atoms with Crippen molar-refractivity contribution in [3.63, 3.8) is 0 Å². The molecule has 2 aromatic rings. The second kappa shape index (κ2) is 10.6. The van der Waals surface area contributed by atoms with Crippen molar-refractivity contribution in [2.75, 3.05) is 7.11 Å². The van der Waals surface area contributed by atoms with E-state index in [-0.39, 0.29) is 13.0 Å². The van der Waals surface area contributed by atoms with Crippen LogP contribution in [0.1, 0.15) is 23.6 Å². The molecule has 0 bridgehead atoms. The van der Waals surface area contributed by atoms with Crippen LogP contribution in [-0.2, 0) is 22.6 Å². The van der Waals surface area contributed by atoms with Gasteiger partial charge in [-0.05, 0) is 43.5 Å². The molecule has 0 spiro atoms. The van der Waals surface area contributed by atoms with Gasteiger partial charge in [0.2, 0.25) is 11.8 Å². The Kier molecular flexibility index (Phi) is 8.24. The molecule has 0 heterocycles. The van der Waals surface area contributed by atoms with Crippen LogP contribution in [0.5, 0.6) is 5.75 Å². The summed E-state index contributed by atoms with van der Waals surface area (Å²) < 4.78 is 5.14. The number of ether oxygens (including phenoxy) is 1. The summed E-state index contributed by atoms with van der Waals surface area (Å²) >= 11 is 0. The van der Waals surface area contributed by atoms with Gasteiger partial charge in [-0.3, -0.25) is 9.59 Å². The summed E-state index contributed by atoms with van der Waals surface area (Å²) in [5.41, 5.74) is 2.78. The van der Waals surface area contributed by atoms with Crippen LogP contribution in [0.4, 0.5) is 0 Å². The van der Waals surface area contributed by atoms with Crippen LogP contribution < -0.4 is 15.4 Å². The molecule has 0 saturated heterocycles. The minimum absolute atomic E-state index is 0.238. The Hall–Kier alpha value is -2.84. The summed E-state index contributed by atoms with van der Waals surface area (Å²) in [5.74, 6) is -2.25. The van der Waals surface area contributed by atoms with Crippen LogP contribution in [0.15, 0.2) is 48.5 Å². The van der Waals surface area contributed by atoms with Gasteiger partial charge in [-0.1, -0.05) is 42.0 Å². The summed E-state index contributed by atoms with van der Waals surface area (Å²) in [6.45, 7) is 3.68. The van der Waals surface area contributed by atoms with Crippen LogP contribution in [0.2, 0.25) is 0 Å². The number of aryl methyl sites for hydroxylation is 1. The molecule has 0 aliphatic heterocycles. The maximum absolute atomic E-state index is 12.4. The lowest BCUT2D eigenvalue weighted by Crippen LogP contribution is -2.51. The third-order valence-corrected chi connectivity index (χ3v) is 4.65. The highest BCUT2D eigenvalue weighted by Gasteiger charge is 2.29. The maximum Gasteiger partial charge on any atom is 0.475 e. The van der Waals surface area contributed by atoms with Gasteiger partial charge in [0, 0.05) is 6.54 Å². The Morgan fingerprint density at radius 1 is 1.07 bits per heavy atom. The molecule has 2 amide bonds. The smallest absolute Gasteiger partial charge is 0.475 e. The lowest BCUT2D eigenvalue weighted by molar-refractivity contribution is -0.134. The van der Waals surface area contributed by atoms with Gasteiger partial charge in [0.05, 0.1) is 13.1 Å². The van der Waals surface area contributed by atoms with Gasteiger partial charge in [0.25, 0.3) is 0 Å². The van der Waals surface area contributed by atoms with Gasteiger partial charge in [-0.25, -0.2) is 0 Å². The first-order valence-corrected chi connectivity index (χ1v) is 9.43. The normalized spacial score (nSPS) is 12.6. The van der Waals surface area contributed by atoms with Crippen molar-refractivity contribution < 1.29 is 24.4 Å². The Bertz CT molecular complexity index is 826. The molecule has 7 nitrogen and oxygen atoms in total. The molecule has 0 fully saturated rings. The summed E-state index contributed by atoms with van der Waals surface area (Å²) in [6.07, 6.45) is 0.238. The van der Waals surface area contributed by atoms with Gasteiger partial charge in [-0.15, -0.1) is 0 Å². The minimum atomic E-state index is -1.74. The van der Waals surface area contributed by atoms with Gasteiger partial charge in [-0.2, -0.15) is 0 Å². The lowest BCUT2D eigenvalue weighted by atomic mass is 9.75. The summed E-state index contributed by atoms with van der Waals surface area (Å²) in [7, 11) is -0.181. The fourth-order valence-corrected chi connectivity index (χ4v) is 2.76. The monoisotopic (exact) mass is 398 g/mol. The number of rotatable bonds is 9. The van der Waals surface area contributed by atoms with Crippen molar-refractivity contribution in [3.8, 4) is 5.75 Å². The van der Waals surface area contributed by atoms with Crippen molar-refractivity contribution in [2.45, 2.75) is 32.8 Å². The van der Waals surface area contributed by atoms with Crippen LogP contribution >= 0.6 is 0 Å². The highest BCUT2D eigenvalue weighted by Crippen LogP contribution is 2.12. The largest absolute Gasteiger partial charge is 0.497 e. The third-order valence-electron chi connectivity index (χ3n) is 4.65. The summed E-state index contributed by atoms with van der Waals surface area (Å²) in [4.78, 5) is 24.8. The molecule has 8 heteroatoms. The van der Waals surface area contributed by atoms with E-state index in [1.54, 1.807) is 19.2 Å². The molecule has 0 aromatic heterocycles. The molecule has 0 radical (unpaired) electrons. The van der Waals surface area contributed by atoms with Gasteiger partial charge in [0.15, 0.2) is 0 Å². The van der Waals surface area contributed by atoms with Crippen molar-refractivity contribution in [3.05, 3.63) is 65.2 Å². The molecule has 29 heavy (non-hydrogen) atoms. The quantitative estimate of drug-likeness (QED) is 0.372. The van der Waals surface area contributed by atoms with E-state index in [2.05, 4.69) is 10.6 Å². The highest BCUT2D eigenvalue weighted by molar-refractivity contribution is 6.43. The predicted molar refractivity (Wildman–Crippen MR) is 111 cm³/mol. The van der Waals surface area contributed by atoms with E-state index < -0.39 is 30.8 Å². The first kappa shape index (κ1) is 22.5. The number of carbonyl (C=O) groups excluding carboxylic acids is 2. The topological polar surface area (TPSA) is 108 Å². The summed E-state index contributed by atoms with van der Waals surface area (Å²) in [6, 6.07) is 14.8. The third kappa shape index (κ3) is 6.92. The molecule has 1 unspecified atom stereocenters. The van der Waals surface area contributed by atoms with Crippen molar-refractivity contribution in [2.24, 2.45) is 5.92 Å². The Balaban J connectivity index is 1.92. The molecule has 0 aliphatic rings. The molecule has 2 atom stereocenters. The fourth-order valence-electron chi connectivity index (χ4n) is 2.76. The number of nitrogens with one attached hydrogen (secondary N) is 2. The molecule has 2 aromatic carbocycles. The highest BCUT2D eigenvalue weighted by atomic mass is 16.5. The average Bonchev–Trinajstić information content (AvgIpc) is 2.72. The molecular weight excluding hydrogens is 371 g/mol.